The minimum Gasteiger partial charge on any atom is -0.394 e. The number of allylic oxidation sites excluding steroid dienone is 1. The normalized spacial score (nSPS) is 36.2. The first-order valence-corrected chi connectivity index (χ1v) is 44.0. The quantitative estimate of drug-likeness (QED) is 0.0292. The van der Waals surface area contributed by atoms with Crippen molar-refractivity contribution in [1.29, 1.82) is 0 Å². The highest BCUT2D eigenvalue weighted by Gasteiger charge is 2.59. The second-order valence-electron chi connectivity index (χ2n) is 32.7. The lowest BCUT2D eigenvalue weighted by Crippen LogP contribution is -2.70. The van der Waals surface area contributed by atoms with Crippen LogP contribution in [0.4, 0.5) is 0 Å². The zero-order valence-corrected chi connectivity index (χ0v) is 69.2. The zero-order chi connectivity index (χ0) is 85.3. The molecule has 686 valence electrons. The van der Waals surface area contributed by atoms with E-state index >= 15 is 0 Å². The van der Waals surface area contributed by atoms with Gasteiger partial charge in [0.2, 0.25) is 11.8 Å². The maximum atomic E-state index is 13.6. The first-order chi connectivity index (χ1) is 56.4. The molecule has 0 aromatic rings. The molecular formula is C82H150N2O33. The van der Waals surface area contributed by atoms with Crippen molar-refractivity contribution in [2.75, 3.05) is 46.2 Å². The van der Waals surface area contributed by atoms with Crippen LogP contribution in [0.5, 0.6) is 0 Å². The molecule has 12 unspecified atom stereocenters. The van der Waals surface area contributed by atoms with Crippen LogP contribution in [-0.2, 0) is 66.4 Å². The van der Waals surface area contributed by atoms with E-state index in [2.05, 4.69) is 24.5 Å². The van der Waals surface area contributed by atoms with E-state index in [4.69, 9.17) is 56.8 Å². The SMILES string of the molecule is CCCCCCCCCCCCC/C=C/[C@@H](O)[C@H](CO[C@@H]1OC(CO)[C@@H](O[C@@H]2OC(CO)[C@H](O)[C@H](O[C@H]3OC(CO)[C@H](O)[C@H](O[C@@H]4OC(CO)[C@H](O)[C@H](O[C@@H]5OC(CO)[C@H](O)[C@H](O[C@H]6OC(CO)[C@H](O)[C@H](O)C6O)C5O)C4NC(C)=O)C3O)C2O)[C@H](O)C1O)NC(=O)CCCCCCCCCCCCCCCCCCCCCCCCC. The van der Waals surface area contributed by atoms with Gasteiger partial charge in [-0.15, -0.1) is 0 Å². The summed E-state index contributed by atoms with van der Waals surface area (Å²) in [6.45, 7) is -0.969. The molecule has 6 rings (SSSR count). The number of carbonyl (C=O) groups is 2. The fraction of sp³-hybridized carbons (Fsp3) is 0.951. The molecule has 35 nitrogen and oxygen atoms in total. The molecule has 0 radical (unpaired) electrons. The number of rotatable bonds is 59. The van der Waals surface area contributed by atoms with E-state index in [0.717, 1.165) is 58.3 Å². The average Bonchev–Trinajstić information content (AvgIpc) is 0.771. The largest absolute Gasteiger partial charge is 0.394 e. The Bertz CT molecular complexity index is 2620. The number of carbonyl (C=O) groups excluding carboxylic acids is 2. The fourth-order valence-electron chi connectivity index (χ4n) is 16.1. The van der Waals surface area contributed by atoms with Gasteiger partial charge >= 0.3 is 0 Å². The van der Waals surface area contributed by atoms with Gasteiger partial charge in [-0.1, -0.05) is 231 Å². The van der Waals surface area contributed by atoms with Crippen LogP contribution < -0.4 is 10.6 Å². The van der Waals surface area contributed by atoms with Crippen molar-refractivity contribution in [3.63, 3.8) is 0 Å². The van der Waals surface area contributed by atoms with Crippen LogP contribution in [0.3, 0.4) is 0 Å². The van der Waals surface area contributed by atoms with Gasteiger partial charge in [0.25, 0.3) is 0 Å². The van der Waals surface area contributed by atoms with Crippen LogP contribution in [0.25, 0.3) is 0 Å². The Kier molecular flexibility index (Phi) is 50.4. The van der Waals surface area contributed by atoms with Crippen molar-refractivity contribution in [3.05, 3.63) is 12.2 Å². The molecule has 32 atom stereocenters. The van der Waals surface area contributed by atoms with E-state index in [1.54, 1.807) is 6.08 Å². The highest BCUT2D eigenvalue weighted by Crippen LogP contribution is 2.38. The monoisotopic (exact) mass is 1690 g/mol. The van der Waals surface area contributed by atoms with E-state index in [1.165, 1.54) is 161 Å². The first-order valence-electron chi connectivity index (χ1n) is 44.0. The minimum atomic E-state index is -2.30. The Morgan fingerprint density at radius 3 is 1.01 bits per heavy atom. The molecule has 6 heterocycles. The molecular weight excluding hydrogens is 1540 g/mol. The van der Waals surface area contributed by atoms with Gasteiger partial charge < -0.3 is 164 Å². The summed E-state index contributed by atoms with van der Waals surface area (Å²) in [4.78, 5) is 26.6. The molecule has 0 spiro atoms. The molecule has 6 aliphatic heterocycles. The highest BCUT2D eigenvalue weighted by molar-refractivity contribution is 5.76. The molecule has 0 aliphatic carbocycles. The van der Waals surface area contributed by atoms with Gasteiger partial charge in [0, 0.05) is 13.3 Å². The summed E-state index contributed by atoms with van der Waals surface area (Å²) in [6.07, 6.45) is -12.5. The molecule has 21 N–H and O–H groups in total. The van der Waals surface area contributed by atoms with E-state index in [0.29, 0.717) is 12.8 Å². The van der Waals surface area contributed by atoms with Crippen molar-refractivity contribution in [2.45, 2.75) is 448 Å². The van der Waals surface area contributed by atoms with Crippen molar-refractivity contribution >= 4 is 11.8 Å². The van der Waals surface area contributed by atoms with Crippen LogP contribution in [0.1, 0.15) is 252 Å². The smallest absolute Gasteiger partial charge is 0.220 e. The van der Waals surface area contributed by atoms with E-state index in [-0.39, 0.29) is 12.3 Å². The Morgan fingerprint density at radius 2 is 0.632 bits per heavy atom. The Hall–Kier alpha value is -2.56. The summed E-state index contributed by atoms with van der Waals surface area (Å²) in [7, 11) is 0. The molecule has 0 bridgehead atoms. The summed E-state index contributed by atoms with van der Waals surface area (Å²) < 4.78 is 70.3. The number of hydrogen-bond acceptors (Lipinski definition) is 33. The maximum Gasteiger partial charge on any atom is 0.220 e. The van der Waals surface area contributed by atoms with Gasteiger partial charge in [-0.05, 0) is 19.3 Å². The first kappa shape index (κ1) is 103. The van der Waals surface area contributed by atoms with Crippen LogP contribution in [-0.4, -0.2) is 351 Å². The number of hydrogen-bond donors (Lipinski definition) is 21. The summed E-state index contributed by atoms with van der Waals surface area (Å²) in [6, 6.07) is -2.92. The van der Waals surface area contributed by atoms with Gasteiger partial charge in [0.15, 0.2) is 37.7 Å². The molecule has 6 saturated heterocycles. The topological polar surface area (TPSA) is 553 Å². The number of unbranched alkanes of at least 4 members (excludes halogenated alkanes) is 33. The average molecular weight is 1690 g/mol. The molecule has 0 saturated carbocycles. The summed E-state index contributed by atoms with van der Waals surface area (Å²) >= 11 is 0. The third-order valence-electron chi connectivity index (χ3n) is 23.3. The molecule has 35 heteroatoms. The Labute approximate surface area is 689 Å². The van der Waals surface area contributed by atoms with Crippen LogP contribution in [0.2, 0.25) is 0 Å². The molecule has 6 fully saturated rings. The number of aliphatic hydroxyl groups is 19. The maximum absolute atomic E-state index is 13.6. The van der Waals surface area contributed by atoms with Gasteiger partial charge in [-0.25, -0.2) is 0 Å². The van der Waals surface area contributed by atoms with Gasteiger partial charge in [-0.2, -0.15) is 0 Å². The van der Waals surface area contributed by atoms with Crippen LogP contribution in [0, 0.1) is 0 Å². The standard InChI is InChI=1S/C82H150N2O33/c1-4-6-8-10-12-14-16-18-19-20-21-22-23-24-25-26-27-29-31-33-35-37-39-41-58(93)84-50(51(92)40-38-36-34-32-30-28-17-15-13-11-9-7-5-2)48-106-78-68(102)66(100)72(57(47-90)112-78)113-80-70(104)76(64(98)55(45-88)109-80)117-82-69(103)74(62(96)54(44-87)111-82)115-77-59(83-49(3)91)73(61(95)53(43-86)107-77)114-81-71(105)75(63(97)56(46-89)110-81)116-79-67(101)65(99)60(94)52(42-85)108-79/h38,40,50-57,59-82,85-90,92,94-105H,4-37,39,41-48H2,1-3H3,(H,83,91)(H,84,93)/b40-38+/t50-,51+,52?,53?,54?,55?,56?,57?,59?,60-,61-,62-,63-,64-,65-,66+,67?,68?,69?,70?,71?,72+,73+,74-,75-,76-,77-,78+,79+,80-,81-,82+/m0/s1. The Morgan fingerprint density at radius 1 is 0.333 bits per heavy atom. The van der Waals surface area contributed by atoms with Crippen molar-refractivity contribution in [2.24, 2.45) is 0 Å². The number of ether oxygens (including phenoxy) is 12. The van der Waals surface area contributed by atoms with E-state index < -0.39 is 248 Å². The molecule has 6 aliphatic rings. The lowest BCUT2D eigenvalue weighted by Gasteiger charge is -2.50. The number of nitrogens with one attached hydrogen (secondary N) is 2. The third-order valence-corrected chi connectivity index (χ3v) is 23.3. The summed E-state index contributed by atoms with van der Waals surface area (Å²) in [5.41, 5.74) is 0. The van der Waals surface area contributed by atoms with Gasteiger partial charge in [0.05, 0.1) is 58.4 Å². The number of aliphatic hydroxyl groups excluding tert-OH is 19. The van der Waals surface area contributed by atoms with Crippen molar-refractivity contribution in [3.8, 4) is 0 Å². The van der Waals surface area contributed by atoms with Gasteiger partial charge in [-0.3, -0.25) is 9.59 Å². The molecule has 0 aromatic carbocycles. The summed E-state index contributed by atoms with van der Waals surface area (Å²) in [5.74, 6) is -1.23. The fourth-order valence-corrected chi connectivity index (χ4v) is 16.1. The minimum absolute atomic E-state index is 0.175. The summed E-state index contributed by atoms with van der Waals surface area (Å²) in [5, 5.41) is 216. The van der Waals surface area contributed by atoms with Crippen molar-refractivity contribution in [1.82, 2.24) is 10.6 Å². The lowest BCUT2D eigenvalue weighted by atomic mass is 9.94. The molecule has 2 amide bonds. The second-order valence-corrected chi connectivity index (χ2v) is 32.7. The van der Waals surface area contributed by atoms with Crippen LogP contribution in [0.15, 0.2) is 12.2 Å². The van der Waals surface area contributed by atoms with Gasteiger partial charge in [0.1, 0.15) is 146 Å². The Balaban J connectivity index is 1.05. The van der Waals surface area contributed by atoms with Crippen LogP contribution >= 0.6 is 0 Å². The predicted molar refractivity (Wildman–Crippen MR) is 419 cm³/mol. The second kappa shape index (κ2) is 57.1. The third kappa shape index (κ3) is 33.1. The highest BCUT2D eigenvalue weighted by atomic mass is 16.8. The zero-order valence-electron chi connectivity index (χ0n) is 69.2. The predicted octanol–water partition coefficient (Wildman–Crippen LogP) is 0.553. The van der Waals surface area contributed by atoms with Crippen molar-refractivity contribution < 1.29 is 163 Å². The lowest BCUT2D eigenvalue weighted by molar-refractivity contribution is -0.392. The molecule has 0 aromatic heterocycles. The molecule has 117 heavy (non-hydrogen) atoms. The van der Waals surface area contributed by atoms with E-state index in [9.17, 15) is 107 Å². The van der Waals surface area contributed by atoms with E-state index in [1.807, 2.05) is 6.08 Å². The number of amides is 2.